The lowest BCUT2D eigenvalue weighted by Gasteiger charge is -2.38. The van der Waals surface area contributed by atoms with Gasteiger partial charge in [0, 0.05) is 44.5 Å². The molecule has 6 rings (SSSR count). The molecule has 1 aromatic rings. The highest BCUT2D eigenvalue weighted by Crippen LogP contribution is 2.55. The maximum Gasteiger partial charge on any atom is 0.246 e. The average Bonchev–Trinajstić information content (AvgIpc) is 3.65. The van der Waals surface area contributed by atoms with Crippen LogP contribution in [0, 0.1) is 29.5 Å². The van der Waals surface area contributed by atoms with Crippen molar-refractivity contribution >= 4 is 35.0 Å². The van der Waals surface area contributed by atoms with Gasteiger partial charge in [0.25, 0.3) is 0 Å². The van der Waals surface area contributed by atoms with E-state index in [0.717, 1.165) is 65.0 Å². The lowest BCUT2D eigenvalue weighted by atomic mass is 9.73. The molecule has 6 unspecified atom stereocenters. The number of likely N-dealkylation sites (N-methyl/N-ethyl adjacent to an activating group) is 1. The second kappa shape index (κ2) is 12.7. The van der Waals surface area contributed by atoms with Gasteiger partial charge in [-0.3, -0.25) is 14.4 Å². The van der Waals surface area contributed by atoms with Crippen molar-refractivity contribution in [3.63, 3.8) is 0 Å². The minimum atomic E-state index is -1.22. The molecule has 3 saturated heterocycles. The minimum absolute atomic E-state index is 0.0263. The van der Waals surface area contributed by atoms with Crippen LogP contribution in [-0.2, 0) is 19.1 Å². The molecule has 2 N–H and O–H groups in total. The van der Waals surface area contributed by atoms with Gasteiger partial charge in [-0.05, 0) is 56.0 Å². The Morgan fingerprint density at radius 1 is 1.09 bits per heavy atom. The van der Waals surface area contributed by atoms with Crippen LogP contribution in [0.2, 0.25) is 5.02 Å². The average molecular weight is 630 g/mol. The third-order valence-corrected chi connectivity index (χ3v) is 11.2. The van der Waals surface area contributed by atoms with Crippen molar-refractivity contribution in [2.75, 3.05) is 51.1 Å². The fourth-order valence-corrected chi connectivity index (χ4v) is 8.33. The van der Waals surface area contributed by atoms with Crippen LogP contribution in [0.1, 0.15) is 46.5 Å². The topological polar surface area (TPSA) is 94.2 Å². The van der Waals surface area contributed by atoms with Crippen LogP contribution in [0.3, 0.4) is 0 Å². The normalized spacial score (nSPS) is 35.2. The van der Waals surface area contributed by atoms with Gasteiger partial charge in [0.15, 0.2) is 0 Å². The quantitative estimate of drug-likeness (QED) is 0.406. The molecule has 1 saturated carbocycles. The maximum absolute atomic E-state index is 14.3. The van der Waals surface area contributed by atoms with Crippen LogP contribution in [0.4, 0.5) is 10.1 Å². The lowest BCUT2D eigenvalue weighted by molar-refractivity contribution is -0.141. The standard InChI is InChI=1S/C33H45ClFN5O4/c1-4-38-15-17-39(18-16-38)13-6-14-40-29(31(42)37-25-8-5-7-20(2)21(25)3)33-12-11-26(44-33)27(28(33)32(40)43)30(41)36-22-9-10-24(35)23(34)19-22/h9-12,19-21,25-29H,4-8,13-18H2,1-3H3,(H,36,41)(H,37,42)/t20?,21?,25?,26-,27?,28-,29?,33?/m0/s1. The molecule has 0 radical (unpaired) electrons. The Kier molecular flexibility index (Phi) is 9.08. The van der Waals surface area contributed by atoms with Crippen molar-refractivity contribution in [1.82, 2.24) is 20.0 Å². The molecule has 9 nitrogen and oxygen atoms in total. The highest BCUT2D eigenvalue weighted by molar-refractivity contribution is 6.31. The molecule has 11 heteroatoms. The molecule has 4 aliphatic heterocycles. The van der Waals surface area contributed by atoms with Gasteiger partial charge in [-0.1, -0.05) is 57.4 Å². The lowest BCUT2D eigenvalue weighted by Crippen LogP contribution is -2.58. The largest absolute Gasteiger partial charge is 0.359 e. The van der Waals surface area contributed by atoms with Gasteiger partial charge in [0.05, 0.1) is 23.0 Å². The summed E-state index contributed by atoms with van der Waals surface area (Å²) in [5.41, 5.74) is -0.882. The van der Waals surface area contributed by atoms with E-state index in [2.05, 4.69) is 41.2 Å². The Morgan fingerprint density at radius 3 is 2.57 bits per heavy atom. The molecule has 5 aliphatic rings. The van der Waals surface area contributed by atoms with Crippen LogP contribution in [0.25, 0.3) is 0 Å². The zero-order chi connectivity index (χ0) is 31.2. The number of likely N-dealkylation sites (tertiary alicyclic amines) is 1. The number of fused-ring (bicyclic) bond motifs is 1. The van der Waals surface area contributed by atoms with Gasteiger partial charge in [-0.25, -0.2) is 4.39 Å². The molecule has 1 aliphatic carbocycles. The number of benzene rings is 1. The molecule has 240 valence electrons. The number of amides is 3. The van der Waals surface area contributed by atoms with E-state index in [1.165, 1.54) is 18.2 Å². The molecule has 1 spiro atoms. The van der Waals surface area contributed by atoms with Crippen molar-refractivity contribution in [3.05, 3.63) is 41.2 Å². The summed E-state index contributed by atoms with van der Waals surface area (Å²) in [4.78, 5) is 48.7. The monoisotopic (exact) mass is 629 g/mol. The zero-order valence-corrected chi connectivity index (χ0v) is 26.7. The number of rotatable bonds is 9. The van der Waals surface area contributed by atoms with Gasteiger partial charge < -0.3 is 30.1 Å². The molecule has 8 atom stereocenters. The number of anilines is 1. The number of halogens is 2. The summed E-state index contributed by atoms with van der Waals surface area (Å²) in [6.07, 6.45) is 6.84. The van der Waals surface area contributed by atoms with E-state index in [1.54, 1.807) is 4.90 Å². The van der Waals surface area contributed by atoms with Crippen molar-refractivity contribution < 1.29 is 23.5 Å². The molecule has 4 fully saturated rings. The number of carbonyl (C=O) groups excluding carboxylic acids is 3. The highest BCUT2D eigenvalue weighted by Gasteiger charge is 2.72. The Morgan fingerprint density at radius 2 is 1.84 bits per heavy atom. The summed E-state index contributed by atoms with van der Waals surface area (Å²) in [5.74, 6) is -2.26. The predicted octanol–water partition coefficient (Wildman–Crippen LogP) is 3.54. The Balaban J connectivity index is 1.23. The first-order chi connectivity index (χ1) is 21.1. The molecule has 3 amide bonds. The fourth-order valence-electron chi connectivity index (χ4n) is 8.15. The number of ether oxygens (including phenoxy) is 1. The summed E-state index contributed by atoms with van der Waals surface area (Å²) in [7, 11) is 0. The molecule has 4 heterocycles. The van der Waals surface area contributed by atoms with Crippen LogP contribution < -0.4 is 10.6 Å². The van der Waals surface area contributed by atoms with Crippen LogP contribution >= 0.6 is 11.6 Å². The molecule has 2 bridgehead atoms. The second-order valence-electron chi connectivity index (χ2n) is 13.4. The van der Waals surface area contributed by atoms with Crippen molar-refractivity contribution in [2.45, 2.75) is 70.2 Å². The van der Waals surface area contributed by atoms with Crippen LogP contribution in [0.5, 0.6) is 0 Å². The molecular formula is C33H45ClFN5O4. The highest BCUT2D eigenvalue weighted by atomic mass is 35.5. The van der Waals surface area contributed by atoms with E-state index < -0.39 is 41.3 Å². The van der Waals surface area contributed by atoms with E-state index in [9.17, 15) is 18.8 Å². The summed E-state index contributed by atoms with van der Waals surface area (Å²) < 4.78 is 20.2. The van der Waals surface area contributed by atoms with Crippen molar-refractivity contribution in [2.24, 2.45) is 23.7 Å². The third kappa shape index (κ3) is 5.67. The van der Waals surface area contributed by atoms with Crippen molar-refractivity contribution in [3.8, 4) is 0 Å². The number of piperazine rings is 1. The number of hydrogen-bond acceptors (Lipinski definition) is 6. The SMILES string of the molecule is CCN1CCN(CCCN2C(=O)[C@@H]3C(C(=O)Nc4ccc(F)c(Cl)c4)[C@@H]4C=CC3(O4)C2C(=O)NC2CCCC(C)C2C)CC1. The van der Waals surface area contributed by atoms with Gasteiger partial charge in [0.1, 0.15) is 17.5 Å². The smallest absolute Gasteiger partial charge is 0.246 e. The summed E-state index contributed by atoms with van der Waals surface area (Å²) in [6, 6.07) is 3.14. The predicted molar refractivity (Wildman–Crippen MR) is 167 cm³/mol. The van der Waals surface area contributed by atoms with Gasteiger partial charge in [0.2, 0.25) is 17.7 Å². The van der Waals surface area contributed by atoms with Gasteiger partial charge in [-0.15, -0.1) is 0 Å². The summed E-state index contributed by atoms with van der Waals surface area (Å²) >= 11 is 5.95. The van der Waals surface area contributed by atoms with E-state index in [1.807, 2.05) is 12.2 Å². The third-order valence-electron chi connectivity index (χ3n) is 10.9. The van der Waals surface area contributed by atoms with E-state index in [-0.39, 0.29) is 22.9 Å². The number of hydrogen-bond donors (Lipinski definition) is 2. The van der Waals surface area contributed by atoms with E-state index >= 15 is 0 Å². The number of carbonyl (C=O) groups is 3. The number of nitrogens with zero attached hydrogens (tertiary/aromatic N) is 3. The zero-order valence-electron chi connectivity index (χ0n) is 25.9. The van der Waals surface area contributed by atoms with Crippen LogP contribution in [-0.4, -0.2) is 102 Å². The minimum Gasteiger partial charge on any atom is -0.359 e. The Labute approximate surface area is 264 Å². The fraction of sp³-hybridized carbons (Fsp3) is 0.667. The Bertz CT molecular complexity index is 1300. The number of nitrogens with one attached hydrogen (secondary N) is 2. The molecule has 0 aromatic heterocycles. The Hall–Kier alpha value is -2.53. The van der Waals surface area contributed by atoms with E-state index in [0.29, 0.717) is 24.1 Å². The summed E-state index contributed by atoms with van der Waals surface area (Å²) in [6.45, 7) is 12.9. The van der Waals surface area contributed by atoms with Crippen LogP contribution in [0.15, 0.2) is 30.4 Å². The molecular weight excluding hydrogens is 585 g/mol. The van der Waals surface area contributed by atoms with Gasteiger partial charge >= 0.3 is 0 Å². The molecule has 1 aromatic carbocycles. The van der Waals surface area contributed by atoms with Gasteiger partial charge in [-0.2, -0.15) is 0 Å². The van der Waals surface area contributed by atoms with E-state index in [4.69, 9.17) is 16.3 Å². The second-order valence-corrected chi connectivity index (χ2v) is 13.8. The molecule has 44 heavy (non-hydrogen) atoms. The van der Waals surface area contributed by atoms with Crippen molar-refractivity contribution in [1.29, 1.82) is 0 Å². The first-order valence-corrected chi connectivity index (χ1v) is 16.7. The maximum atomic E-state index is 14.3. The summed E-state index contributed by atoms with van der Waals surface area (Å²) in [5, 5.41) is 6.02. The first kappa shape index (κ1) is 31.5. The first-order valence-electron chi connectivity index (χ1n) is 16.3.